The molecule has 0 spiro atoms. The zero-order chi connectivity index (χ0) is 13.1. The number of carboxylic acids is 1. The molecule has 18 heavy (non-hydrogen) atoms. The number of carboxylic acid groups (broad SMARTS) is 1. The van der Waals surface area contributed by atoms with E-state index in [1.54, 1.807) is 6.92 Å². The highest BCUT2D eigenvalue weighted by Crippen LogP contribution is 2.24. The van der Waals surface area contributed by atoms with E-state index in [1.165, 1.54) is 6.20 Å². The zero-order valence-corrected chi connectivity index (χ0v) is 11.4. The molecule has 2 rings (SSSR count). The lowest BCUT2D eigenvalue weighted by molar-refractivity contribution is 0.0695. The highest BCUT2D eigenvalue weighted by molar-refractivity contribution is 8.00. The third-order valence-electron chi connectivity index (χ3n) is 3.07. The standard InChI is InChI=1S/C12H17N3O2S/c1-3-9-7-15(4-5-18-9)12-13-6-10(11(16)17)8(2)14-12/h6,9H,3-5,7H2,1-2H3,(H,16,17). The van der Waals surface area contributed by atoms with Crippen LogP contribution in [0.1, 0.15) is 29.4 Å². The number of anilines is 1. The van der Waals surface area contributed by atoms with Crippen molar-refractivity contribution in [2.45, 2.75) is 25.5 Å². The molecule has 0 bridgehead atoms. The van der Waals surface area contributed by atoms with Crippen LogP contribution in [0, 0.1) is 6.92 Å². The van der Waals surface area contributed by atoms with Crippen molar-refractivity contribution in [1.82, 2.24) is 9.97 Å². The summed E-state index contributed by atoms with van der Waals surface area (Å²) >= 11 is 1.98. The molecule has 1 aromatic heterocycles. The van der Waals surface area contributed by atoms with Crippen LogP contribution in [0.4, 0.5) is 5.95 Å². The summed E-state index contributed by atoms with van der Waals surface area (Å²) in [6.45, 7) is 5.76. The number of rotatable bonds is 3. The van der Waals surface area contributed by atoms with E-state index >= 15 is 0 Å². The first-order valence-corrected chi connectivity index (χ1v) is 7.10. The van der Waals surface area contributed by atoms with E-state index in [-0.39, 0.29) is 5.56 Å². The number of thioether (sulfide) groups is 1. The Labute approximate surface area is 111 Å². The molecular formula is C12H17N3O2S. The number of aromatic carboxylic acids is 1. The number of aryl methyl sites for hydroxylation is 1. The summed E-state index contributed by atoms with van der Waals surface area (Å²) in [5.74, 6) is 0.748. The van der Waals surface area contributed by atoms with Crippen molar-refractivity contribution in [3.8, 4) is 0 Å². The van der Waals surface area contributed by atoms with Crippen molar-refractivity contribution in [2.24, 2.45) is 0 Å². The summed E-state index contributed by atoms with van der Waals surface area (Å²) in [5.41, 5.74) is 0.705. The molecule has 1 aromatic rings. The predicted octanol–water partition coefficient (Wildman–Crippen LogP) is 1.82. The second-order valence-corrected chi connectivity index (χ2v) is 5.73. The minimum atomic E-state index is -0.973. The second kappa shape index (κ2) is 5.56. The molecule has 98 valence electrons. The predicted molar refractivity (Wildman–Crippen MR) is 72.5 cm³/mol. The fourth-order valence-electron chi connectivity index (χ4n) is 1.97. The first-order valence-electron chi connectivity index (χ1n) is 6.05. The first-order chi connectivity index (χ1) is 8.61. The van der Waals surface area contributed by atoms with Crippen LogP contribution in [-0.2, 0) is 0 Å². The SMILES string of the molecule is CCC1CN(c2ncc(C(=O)O)c(C)n2)CCS1. The maximum atomic E-state index is 10.9. The van der Waals surface area contributed by atoms with Crippen molar-refractivity contribution < 1.29 is 9.90 Å². The molecule has 1 saturated heterocycles. The van der Waals surface area contributed by atoms with Gasteiger partial charge in [-0.2, -0.15) is 11.8 Å². The summed E-state index contributed by atoms with van der Waals surface area (Å²) in [5, 5.41) is 9.56. The summed E-state index contributed by atoms with van der Waals surface area (Å²) in [6, 6.07) is 0. The monoisotopic (exact) mass is 267 g/mol. The molecule has 0 saturated carbocycles. The Balaban J connectivity index is 2.18. The van der Waals surface area contributed by atoms with Crippen LogP contribution >= 0.6 is 11.8 Å². The van der Waals surface area contributed by atoms with Crippen LogP contribution in [-0.4, -0.2) is 45.1 Å². The van der Waals surface area contributed by atoms with Gasteiger partial charge in [-0.15, -0.1) is 0 Å². The summed E-state index contributed by atoms with van der Waals surface area (Å²) < 4.78 is 0. The van der Waals surface area contributed by atoms with Crippen molar-refractivity contribution in [3.63, 3.8) is 0 Å². The topological polar surface area (TPSA) is 66.3 Å². The van der Waals surface area contributed by atoms with E-state index in [1.807, 2.05) is 11.8 Å². The van der Waals surface area contributed by atoms with Crippen LogP contribution in [0.3, 0.4) is 0 Å². The van der Waals surface area contributed by atoms with Gasteiger partial charge in [-0.25, -0.2) is 14.8 Å². The fraction of sp³-hybridized carbons (Fsp3) is 0.583. The van der Waals surface area contributed by atoms with E-state index in [0.29, 0.717) is 16.9 Å². The molecule has 5 nitrogen and oxygen atoms in total. The molecule has 0 aromatic carbocycles. The number of hydrogen-bond donors (Lipinski definition) is 1. The molecule has 6 heteroatoms. The van der Waals surface area contributed by atoms with Crippen LogP contribution in [0.15, 0.2) is 6.20 Å². The normalized spacial score (nSPS) is 19.9. The van der Waals surface area contributed by atoms with E-state index in [9.17, 15) is 4.79 Å². The average Bonchev–Trinajstić information content (AvgIpc) is 2.38. The quantitative estimate of drug-likeness (QED) is 0.901. The van der Waals surface area contributed by atoms with Crippen molar-refractivity contribution >= 4 is 23.7 Å². The molecule has 1 unspecified atom stereocenters. The minimum Gasteiger partial charge on any atom is -0.478 e. The Bertz CT molecular complexity index is 453. The van der Waals surface area contributed by atoms with Gasteiger partial charge in [0.1, 0.15) is 0 Å². The lowest BCUT2D eigenvalue weighted by Crippen LogP contribution is -2.38. The third-order valence-corrected chi connectivity index (χ3v) is 4.45. The second-order valence-electron chi connectivity index (χ2n) is 4.32. The van der Waals surface area contributed by atoms with Gasteiger partial charge in [0.15, 0.2) is 0 Å². The highest BCUT2D eigenvalue weighted by Gasteiger charge is 2.21. The molecule has 0 aliphatic carbocycles. The van der Waals surface area contributed by atoms with Crippen molar-refractivity contribution in [1.29, 1.82) is 0 Å². The lowest BCUT2D eigenvalue weighted by Gasteiger charge is -2.32. The average molecular weight is 267 g/mol. The fourth-order valence-corrected chi connectivity index (χ4v) is 3.15. The maximum Gasteiger partial charge on any atom is 0.339 e. The first kappa shape index (κ1) is 13.1. The third kappa shape index (κ3) is 2.75. The van der Waals surface area contributed by atoms with Gasteiger partial charge in [-0.3, -0.25) is 0 Å². The molecule has 1 fully saturated rings. The molecule has 1 aliphatic rings. The van der Waals surface area contributed by atoms with E-state index in [4.69, 9.17) is 5.11 Å². The Kier molecular flexibility index (Phi) is 4.06. The highest BCUT2D eigenvalue weighted by atomic mass is 32.2. The van der Waals surface area contributed by atoms with E-state index in [2.05, 4.69) is 21.8 Å². The van der Waals surface area contributed by atoms with Gasteiger partial charge >= 0.3 is 5.97 Å². The summed E-state index contributed by atoms with van der Waals surface area (Å²) in [4.78, 5) is 21.5. The van der Waals surface area contributed by atoms with Crippen LogP contribution < -0.4 is 4.90 Å². The summed E-state index contributed by atoms with van der Waals surface area (Å²) in [6.07, 6.45) is 2.54. The van der Waals surface area contributed by atoms with Crippen LogP contribution in [0.25, 0.3) is 0 Å². The minimum absolute atomic E-state index is 0.178. The van der Waals surface area contributed by atoms with Gasteiger partial charge in [0.25, 0.3) is 0 Å². The number of hydrogen-bond acceptors (Lipinski definition) is 5. The molecule has 2 heterocycles. The number of aromatic nitrogens is 2. The zero-order valence-electron chi connectivity index (χ0n) is 10.6. The smallest absolute Gasteiger partial charge is 0.339 e. The van der Waals surface area contributed by atoms with Gasteiger partial charge in [0.05, 0.1) is 11.3 Å². The van der Waals surface area contributed by atoms with Gasteiger partial charge in [0, 0.05) is 30.3 Å². The van der Waals surface area contributed by atoms with Crippen molar-refractivity contribution in [3.05, 3.63) is 17.5 Å². The Hall–Kier alpha value is -1.30. The Morgan fingerprint density at radius 3 is 3.06 bits per heavy atom. The van der Waals surface area contributed by atoms with Gasteiger partial charge < -0.3 is 10.0 Å². The maximum absolute atomic E-state index is 10.9. The molecule has 1 aliphatic heterocycles. The lowest BCUT2D eigenvalue weighted by atomic mass is 10.2. The Morgan fingerprint density at radius 2 is 2.44 bits per heavy atom. The number of carbonyl (C=O) groups is 1. The summed E-state index contributed by atoms with van der Waals surface area (Å²) in [7, 11) is 0. The van der Waals surface area contributed by atoms with E-state index < -0.39 is 5.97 Å². The molecular weight excluding hydrogens is 250 g/mol. The Morgan fingerprint density at radius 1 is 1.67 bits per heavy atom. The van der Waals surface area contributed by atoms with Crippen LogP contribution in [0.5, 0.6) is 0 Å². The molecule has 1 N–H and O–H groups in total. The van der Waals surface area contributed by atoms with Gasteiger partial charge in [0.2, 0.25) is 5.95 Å². The van der Waals surface area contributed by atoms with E-state index in [0.717, 1.165) is 25.3 Å². The molecule has 0 radical (unpaired) electrons. The molecule has 0 amide bonds. The van der Waals surface area contributed by atoms with Crippen molar-refractivity contribution in [2.75, 3.05) is 23.7 Å². The molecule has 1 atom stereocenters. The number of nitrogens with zero attached hydrogens (tertiary/aromatic N) is 3. The van der Waals surface area contributed by atoms with Gasteiger partial charge in [-0.05, 0) is 13.3 Å². The van der Waals surface area contributed by atoms with Crippen LogP contribution in [0.2, 0.25) is 0 Å². The largest absolute Gasteiger partial charge is 0.478 e. The van der Waals surface area contributed by atoms with Gasteiger partial charge in [-0.1, -0.05) is 6.92 Å².